The highest BCUT2D eigenvalue weighted by atomic mass is 16.5. The highest BCUT2D eigenvalue weighted by Gasteiger charge is 2.10. The summed E-state index contributed by atoms with van der Waals surface area (Å²) in [6.45, 7) is 2.98. The van der Waals surface area contributed by atoms with E-state index < -0.39 is 6.10 Å². The van der Waals surface area contributed by atoms with Gasteiger partial charge in [0.2, 0.25) is 5.91 Å². The number of rotatable bonds is 10. The van der Waals surface area contributed by atoms with Crippen molar-refractivity contribution in [2.75, 3.05) is 26.9 Å². The van der Waals surface area contributed by atoms with Crippen molar-refractivity contribution in [1.82, 2.24) is 20.3 Å². The van der Waals surface area contributed by atoms with Crippen LogP contribution in [0.5, 0.6) is 0 Å². The maximum Gasteiger partial charge on any atom is 0.234 e. The van der Waals surface area contributed by atoms with Crippen molar-refractivity contribution in [1.29, 1.82) is 0 Å². The van der Waals surface area contributed by atoms with Gasteiger partial charge in [-0.25, -0.2) is 4.68 Å². The van der Waals surface area contributed by atoms with E-state index in [9.17, 15) is 9.90 Å². The van der Waals surface area contributed by atoms with Crippen molar-refractivity contribution in [3.63, 3.8) is 0 Å². The Labute approximate surface area is 123 Å². The van der Waals surface area contributed by atoms with Gasteiger partial charge >= 0.3 is 0 Å². The molecule has 1 heterocycles. The lowest BCUT2D eigenvalue weighted by Crippen LogP contribution is -2.29. The smallest absolute Gasteiger partial charge is 0.234 e. The molecule has 0 radical (unpaired) electrons. The number of nitrogens with one attached hydrogen (secondary N) is 1. The number of aromatic nitrogens is 3. The number of carbonyl (C=O) groups is 1. The molecule has 9 heteroatoms. The van der Waals surface area contributed by atoms with E-state index in [0.717, 1.165) is 0 Å². The quantitative estimate of drug-likeness (QED) is 0.469. The monoisotopic (exact) mass is 301 g/mol. The van der Waals surface area contributed by atoms with Crippen LogP contribution in [0.15, 0.2) is 6.20 Å². The van der Waals surface area contributed by atoms with Crippen LogP contribution in [0.4, 0.5) is 0 Å². The second-order valence-corrected chi connectivity index (χ2v) is 4.67. The molecule has 9 nitrogen and oxygen atoms in total. The summed E-state index contributed by atoms with van der Waals surface area (Å²) < 4.78 is 11.8. The zero-order valence-electron chi connectivity index (χ0n) is 12.4. The molecule has 0 saturated heterocycles. The fourth-order valence-corrected chi connectivity index (χ4v) is 1.60. The van der Waals surface area contributed by atoms with Crippen LogP contribution in [0.3, 0.4) is 0 Å². The number of methoxy groups -OCH3 is 1. The van der Waals surface area contributed by atoms with Gasteiger partial charge in [-0.1, -0.05) is 5.21 Å². The first-order valence-electron chi connectivity index (χ1n) is 6.69. The molecule has 2 atom stereocenters. The average molecular weight is 301 g/mol. The van der Waals surface area contributed by atoms with E-state index in [1.807, 2.05) is 6.92 Å². The van der Waals surface area contributed by atoms with Crippen LogP contribution in [0.25, 0.3) is 0 Å². The fraction of sp³-hybridized carbons (Fsp3) is 0.750. The molecule has 0 spiro atoms. The maximum absolute atomic E-state index is 11.0. The molecular weight excluding hydrogens is 278 g/mol. The number of hydrogen-bond donors (Lipinski definition) is 3. The molecule has 4 N–H and O–H groups in total. The molecule has 0 bridgehead atoms. The predicted molar refractivity (Wildman–Crippen MR) is 74.2 cm³/mol. The van der Waals surface area contributed by atoms with Crippen LogP contribution in [-0.2, 0) is 27.4 Å². The van der Waals surface area contributed by atoms with Gasteiger partial charge < -0.3 is 25.6 Å². The summed E-state index contributed by atoms with van der Waals surface area (Å²) in [4.78, 5) is 11.0. The molecule has 1 rings (SSSR count). The van der Waals surface area contributed by atoms with E-state index in [2.05, 4.69) is 15.6 Å². The summed E-state index contributed by atoms with van der Waals surface area (Å²) >= 11 is 0. The molecule has 0 aliphatic heterocycles. The van der Waals surface area contributed by atoms with Crippen LogP contribution in [0, 0.1) is 0 Å². The zero-order chi connectivity index (χ0) is 15.7. The molecule has 0 aliphatic carbocycles. The Balaban J connectivity index is 2.31. The normalized spacial score (nSPS) is 13.9. The first kappa shape index (κ1) is 17.5. The van der Waals surface area contributed by atoms with Crippen molar-refractivity contribution in [2.45, 2.75) is 32.2 Å². The lowest BCUT2D eigenvalue weighted by molar-refractivity contribution is -0.119. The lowest BCUT2D eigenvalue weighted by atomic mass is 10.3. The highest BCUT2D eigenvalue weighted by molar-refractivity contribution is 5.77. The molecule has 2 unspecified atom stereocenters. The lowest BCUT2D eigenvalue weighted by Gasteiger charge is -2.15. The van der Waals surface area contributed by atoms with Crippen molar-refractivity contribution < 1.29 is 19.4 Å². The van der Waals surface area contributed by atoms with Crippen molar-refractivity contribution in [3.8, 4) is 0 Å². The third-order valence-electron chi connectivity index (χ3n) is 2.61. The number of hydrogen-bond acceptors (Lipinski definition) is 7. The molecule has 0 aliphatic rings. The molecule has 1 aromatic rings. The number of aliphatic hydroxyl groups excluding tert-OH is 1. The molecule has 1 amide bonds. The predicted octanol–water partition coefficient (Wildman–Crippen LogP) is -1.73. The first-order valence-corrected chi connectivity index (χ1v) is 6.69. The minimum atomic E-state index is -0.697. The van der Waals surface area contributed by atoms with Crippen LogP contribution in [0.1, 0.15) is 12.6 Å². The number of amides is 1. The van der Waals surface area contributed by atoms with Crippen molar-refractivity contribution in [2.24, 2.45) is 5.73 Å². The summed E-state index contributed by atoms with van der Waals surface area (Å²) in [6, 6.07) is 0. The van der Waals surface area contributed by atoms with Gasteiger partial charge in [0.25, 0.3) is 0 Å². The Morgan fingerprint density at radius 3 is 3.00 bits per heavy atom. The zero-order valence-corrected chi connectivity index (χ0v) is 12.4. The third-order valence-corrected chi connectivity index (χ3v) is 2.61. The van der Waals surface area contributed by atoms with Gasteiger partial charge in [-0.2, -0.15) is 0 Å². The summed E-state index contributed by atoms with van der Waals surface area (Å²) in [5.74, 6) is -0.259. The number of carbonyl (C=O) groups excluding carboxylic acids is 1. The van der Waals surface area contributed by atoms with E-state index in [1.54, 1.807) is 13.3 Å². The van der Waals surface area contributed by atoms with Crippen molar-refractivity contribution in [3.05, 3.63) is 11.9 Å². The second-order valence-electron chi connectivity index (χ2n) is 4.67. The minimum Gasteiger partial charge on any atom is -0.389 e. The molecular formula is C12H23N5O4. The van der Waals surface area contributed by atoms with Crippen LogP contribution < -0.4 is 11.1 Å². The van der Waals surface area contributed by atoms with E-state index in [1.165, 1.54) is 4.68 Å². The Kier molecular flexibility index (Phi) is 7.83. The van der Waals surface area contributed by atoms with Gasteiger partial charge in [0, 0.05) is 7.11 Å². The van der Waals surface area contributed by atoms with Gasteiger partial charge in [0.15, 0.2) is 0 Å². The topological polar surface area (TPSA) is 125 Å². The van der Waals surface area contributed by atoms with Gasteiger partial charge in [-0.15, -0.1) is 5.10 Å². The average Bonchev–Trinajstić information content (AvgIpc) is 2.90. The van der Waals surface area contributed by atoms with Crippen molar-refractivity contribution >= 4 is 5.91 Å². The minimum absolute atomic E-state index is 0.0656. The van der Waals surface area contributed by atoms with E-state index in [4.69, 9.17) is 15.2 Å². The third kappa shape index (κ3) is 7.14. The summed E-state index contributed by atoms with van der Waals surface area (Å²) in [5, 5.41) is 20.2. The molecule has 0 fully saturated rings. The Morgan fingerprint density at radius 1 is 1.57 bits per heavy atom. The van der Waals surface area contributed by atoms with Gasteiger partial charge in [-0.3, -0.25) is 4.79 Å². The number of nitrogens with two attached hydrogens (primary N) is 1. The summed E-state index contributed by atoms with van der Waals surface area (Å²) in [6.07, 6.45) is 0.874. The second kappa shape index (κ2) is 9.40. The summed E-state index contributed by atoms with van der Waals surface area (Å²) in [7, 11) is 1.59. The van der Waals surface area contributed by atoms with Crippen LogP contribution in [-0.4, -0.2) is 65.1 Å². The maximum atomic E-state index is 11.0. The van der Waals surface area contributed by atoms with E-state index in [0.29, 0.717) is 12.3 Å². The van der Waals surface area contributed by atoms with Gasteiger partial charge in [-0.05, 0) is 6.92 Å². The summed E-state index contributed by atoms with van der Waals surface area (Å²) in [5.41, 5.74) is 5.77. The van der Waals surface area contributed by atoms with Crippen LogP contribution in [0.2, 0.25) is 0 Å². The first-order chi connectivity index (χ1) is 10.0. The van der Waals surface area contributed by atoms with Gasteiger partial charge in [0.05, 0.1) is 51.3 Å². The SMILES string of the molecule is COCC(C)OCC(O)Cn1cc(CNC(=O)CN)nn1. The number of nitrogens with zero attached hydrogens (tertiary/aromatic N) is 3. The molecule has 21 heavy (non-hydrogen) atoms. The molecule has 120 valence electrons. The van der Waals surface area contributed by atoms with Crippen LogP contribution >= 0.6 is 0 Å². The standard InChI is InChI=1S/C12H23N5O4/c1-9(7-20-2)21-8-11(18)6-17-5-10(15-16-17)4-14-12(19)3-13/h5,9,11,18H,3-4,6-8,13H2,1-2H3,(H,14,19). The van der Waals surface area contributed by atoms with E-state index in [-0.39, 0.29) is 38.3 Å². The molecule has 1 aromatic heterocycles. The van der Waals surface area contributed by atoms with E-state index >= 15 is 0 Å². The number of aliphatic hydroxyl groups is 1. The Morgan fingerprint density at radius 2 is 2.33 bits per heavy atom. The molecule has 0 saturated carbocycles. The Hall–Kier alpha value is -1.55. The largest absolute Gasteiger partial charge is 0.389 e. The Bertz CT molecular complexity index is 426. The van der Waals surface area contributed by atoms with Gasteiger partial charge in [0.1, 0.15) is 5.69 Å². The number of ether oxygens (including phenoxy) is 2. The molecule has 0 aromatic carbocycles. The fourth-order valence-electron chi connectivity index (χ4n) is 1.60. The highest BCUT2D eigenvalue weighted by Crippen LogP contribution is 1.98.